The number of ketones is 1. The number of nitrogens with two attached hydrogens (primary N) is 1. The topological polar surface area (TPSA) is 43.1 Å². The summed E-state index contributed by atoms with van der Waals surface area (Å²) in [5, 5.41) is 0. The van der Waals surface area contributed by atoms with Gasteiger partial charge in [-0.3, -0.25) is 4.79 Å². The molecule has 0 aliphatic carbocycles. The van der Waals surface area contributed by atoms with Crippen molar-refractivity contribution in [3.63, 3.8) is 0 Å². The Kier molecular flexibility index (Phi) is 5.54. The van der Waals surface area contributed by atoms with Crippen LogP contribution in [0.5, 0.6) is 0 Å². The SMILES string of the molecule is CC(CCN)CCC(=O)c1cccc(C(F)(F)F)c1. The molecular formula is C14H18F3NO. The Morgan fingerprint density at radius 2 is 2.00 bits per heavy atom. The summed E-state index contributed by atoms with van der Waals surface area (Å²) >= 11 is 0. The third-order valence-corrected chi connectivity index (χ3v) is 3.04. The molecule has 0 saturated heterocycles. The highest BCUT2D eigenvalue weighted by atomic mass is 19.4. The van der Waals surface area contributed by atoms with Gasteiger partial charge in [0.2, 0.25) is 0 Å². The lowest BCUT2D eigenvalue weighted by Gasteiger charge is -2.10. The second-order valence-corrected chi connectivity index (χ2v) is 4.72. The van der Waals surface area contributed by atoms with Gasteiger partial charge in [0.25, 0.3) is 0 Å². The lowest BCUT2D eigenvalue weighted by molar-refractivity contribution is -0.137. The normalized spacial score (nSPS) is 13.3. The highest BCUT2D eigenvalue weighted by molar-refractivity contribution is 5.96. The molecule has 0 heterocycles. The van der Waals surface area contributed by atoms with E-state index in [9.17, 15) is 18.0 Å². The maximum Gasteiger partial charge on any atom is 0.416 e. The van der Waals surface area contributed by atoms with E-state index in [4.69, 9.17) is 5.73 Å². The highest BCUT2D eigenvalue weighted by Gasteiger charge is 2.30. The van der Waals surface area contributed by atoms with Crippen LogP contribution in [0.3, 0.4) is 0 Å². The number of alkyl halides is 3. The van der Waals surface area contributed by atoms with E-state index < -0.39 is 11.7 Å². The van der Waals surface area contributed by atoms with E-state index in [2.05, 4.69) is 0 Å². The molecule has 1 atom stereocenters. The van der Waals surface area contributed by atoms with Gasteiger partial charge in [-0.25, -0.2) is 0 Å². The van der Waals surface area contributed by atoms with Crippen LogP contribution in [0.2, 0.25) is 0 Å². The molecule has 2 N–H and O–H groups in total. The van der Waals surface area contributed by atoms with Gasteiger partial charge in [-0.2, -0.15) is 13.2 Å². The van der Waals surface area contributed by atoms with Crippen LogP contribution in [0.15, 0.2) is 24.3 Å². The summed E-state index contributed by atoms with van der Waals surface area (Å²) < 4.78 is 37.6. The molecule has 19 heavy (non-hydrogen) atoms. The zero-order chi connectivity index (χ0) is 14.5. The molecule has 0 saturated carbocycles. The lowest BCUT2D eigenvalue weighted by atomic mass is 9.97. The summed E-state index contributed by atoms with van der Waals surface area (Å²) in [4.78, 5) is 11.8. The Labute approximate surface area is 110 Å². The van der Waals surface area contributed by atoms with Crippen molar-refractivity contribution in [3.8, 4) is 0 Å². The average Bonchev–Trinajstić information content (AvgIpc) is 2.35. The van der Waals surface area contributed by atoms with Crippen LogP contribution in [0, 0.1) is 5.92 Å². The van der Waals surface area contributed by atoms with Crippen LogP contribution in [-0.2, 0) is 6.18 Å². The number of hydrogen-bond acceptors (Lipinski definition) is 2. The Balaban J connectivity index is 2.67. The third kappa shape index (κ3) is 5.03. The third-order valence-electron chi connectivity index (χ3n) is 3.04. The molecule has 0 fully saturated rings. The molecule has 2 nitrogen and oxygen atoms in total. The molecule has 0 aliphatic heterocycles. The Bertz CT molecular complexity index is 429. The summed E-state index contributed by atoms with van der Waals surface area (Å²) in [6, 6.07) is 4.56. The number of hydrogen-bond donors (Lipinski definition) is 1. The van der Waals surface area contributed by atoms with Gasteiger partial charge in [0.1, 0.15) is 0 Å². The molecule has 0 bridgehead atoms. The molecule has 1 unspecified atom stereocenters. The number of benzene rings is 1. The summed E-state index contributed by atoms with van der Waals surface area (Å²) in [5.41, 5.74) is 4.74. The maximum absolute atomic E-state index is 12.5. The minimum Gasteiger partial charge on any atom is -0.330 e. The first kappa shape index (κ1) is 15.7. The number of carbonyl (C=O) groups excluding carboxylic acids is 1. The first-order chi connectivity index (χ1) is 8.84. The van der Waals surface area contributed by atoms with E-state index in [1.165, 1.54) is 12.1 Å². The predicted molar refractivity (Wildman–Crippen MR) is 67.8 cm³/mol. The number of halogens is 3. The van der Waals surface area contributed by atoms with Crippen LogP contribution in [-0.4, -0.2) is 12.3 Å². The molecule has 0 aromatic heterocycles. The molecule has 0 aliphatic rings. The standard InChI is InChI=1S/C14H18F3NO/c1-10(7-8-18)5-6-13(19)11-3-2-4-12(9-11)14(15,16)17/h2-4,9-10H,5-8,18H2,1H3. The Morgan fingerprint density at radius 3 is 2.58 bits per heavy atom. The molecule has 5 heteroatoms. The van der Waals surface area contributed by atoms with E-state index >= 15 is 0 Å². The minimum absolute atomic E-state index is 0.120. The summed E-state index contributed by atoms with van der Waals surface area (Å²) in [5.74, 6) is 0.0507. The molecule has 1 rings (SSSR count). The van der Waals surface area contributed by atoms with Gasteiger partial charge in [0, 0.05) is 12.0 Å². The van der Waals surface area contributed by atoms with Gasteiger partial charge in [-0.1, -0.05) is 19.1 Å². The smallest absolute Gasteiger partial charge is 0.330 e. The van der Waals surface area contributed by atoms with E-state index in [1.807, 2.05) is 6.92 Å². The summed E-state index contributed by atoms with van der Waals surface area (Å²) in [6.45, 7) is 2.53. The van der Waals surface area contributed by atoms with Crippen molar-refractivity contribution < 1.29 is 18.0 Å². The summed E-state index contributed by atoms with van der Waals surface area (Å²) in [6.07, 6.45) is -2.70. The van der Waals surface area contributed by atoms with Crippen molar-refractivity contribution >= 4 is 5.78 Å². The van der Waals surface area contributed by atoms with Crippen molar-refractivity contribution in [2.45, 2.75) is 32.4 Å². The number of carbonyl (C=O) groups is 1. The Morgan fingerprint density at radius 1 is 1.32 bits per heavy atom. The van der Waals surface area contributed by atoms with E-state index in [0.717, 1.165) is 18.6 Å². The number of Topliss-reactive ketones (excluding diaryl/α,β-unsaturated/α-hetero) is 1. The average molecular weight is 273 g/mol. The quantitative estimate of drug-likeness (QED) is 0.804. The van der Waals surface area contributed by atoms with Crippen LogP contribution in [0.1, 0.15) is 42.1 Å². The first-order valence-corrected chi connectivity index (χ1v) is 6.25. The van der Waals surface area contributed by atoms with Crippen LogP contribution >= 0.6 is 0 Å². The van der Waals surface area contributed by atoms with E-state index in [1.54, 1.807) is 0 Å². The zero-order valence-electron chi connectivity index (χ0n) is 10.8. The largest absolute Gasteiger partial charge is 0.416 e. The Hall–Kier alpha value is -1.36. The maximum atomic E-state index is 12.5. The van der Waals surface area contributed by atoms with Crippen molar-refractivity contribution in [1.29, 1.82) is 0 Å². The number of rotatable bonds is 6. The fourth-order valence-electron chi connectivity index (χ4n) is 1.82. The van der Waals surface area contributed by atoms with Gasteiger partial charge in [-0.15, -0.1) is 0 Å². The van der Waals surface area contributed by atoms with Gasteiger partial charge >= 0.3 is 6.18 Å². The molecule has 0 spiro atoms. The van der Waals surface area contributed by atoms with Gasteiger partial charge < -0.3 is 5.73 Å². The molecule has 0 radical (unpaired) electrons. The monoisotopic (exact) mass is 273 g/mol. The van der Waals surface area contributed by atoms with Crippen molar-refractivity contribution in [1.82, 2.24) is 0 Å². The second-order valence-electron chi connectivity index (χ2n) is 4.72. The second kappa shape index (κ2) is 6.70. The molecule has 0 amide bonds. The lowest BCUT2D eigenvalue weighted by Crippen LogP contribution is -2.10. The van der Waals surface area contributed by atoms with Crippen molar-refractivity contribution in [2.75, 3.05) is 6.54 Å². The minimum atomic E-state index is -4.41. The van der Waals surface area contributed by atoms with Crippen LogP contribution in [0.4, 0.5) is 13.2 Å². The fourth-order valence-corrected chi connectivity index (χ4v) is 1.82. The predicted octanol–water partition coefficient (Wildman–Crippen LogP) is 3.65. The van der Waals surface area contributed by atoms with Crippen LogP contribution < -0.4 is 5.73 Å². The zero-order valence-corrected chi connectivity index (χ0v) is 10.8. The van der Waals surface area contributed by atoms with E-state index in [-0.39, 0.29) is 17.8 Å². The van der Waals surface area contributed by atoms with Crippen molar-refractivity contribution in [2.24, 2.45) is 11.7 Å². The highest BCUT2D eigenvalue weighted by Crippen LogP contribution is 2.29. The van der Waals surface area contributed by atoms with Gasteiger partial charge in [0.05, 0.1) is 5.56 Å². The molecule has 1 aromatic carbocycles. The van der Waals surface area contributed by atoms with Gasteiger partial charge in [0.15, 0.2) is 5.78 Å². The summed E-state index contributed by atoms with van der Waals surface area (Å²) in [7, 11) is 0. The van der Waals surface area contributed by atoms with Crippen molar-refractivity contribution in [3.05, 3.63) is 35.4 Å². The first-order valence-electron chi connectivity index (χ1n) is 6.25. The molecule has 1 aromatic rings. The van der Waals surface area contributed by atoms with Crippen LogP contribution in [0.25, 0.3) is 0 Å². The molecular weight excluding hydrogens is 255 g/mol. The molecule has 106 valence electrons. The fraction of sp³-hybridized carbons (Fsp3) is 0.500. The van der Waals surface area contributed by atoms with Gasteiger partial charge in [-0.05, 0) is 37.4 Å². The van der Waals surface area contributed by atoms with E-state index in [0.29, 0.717) is 18.9 Å².